The SMILES string of the molecule is COc1ccc(-n2nc(C(=O)Nc3ccc(Br)cc3C)c(=O)n(C)c2=O)cc1. The number of anilines is 1. The molecule has 0 aliphatic carbocycles. The van der Waals surface area contributed by atoms with Gasteiger partial charge in [-0.1, -0.05) is 15.9 Å². The minimum absolute atomic E-state index is 0.389. The first-order chi connectivity index (χ1) is 13.3. The molecule has 1 N–H and O–H groups in total. The van der Waals surface area contributed by atoms with Gasteiger partial charge in [-0.05, 0) is 55.0 Å². The number of ether oxygens (including phenoxy) is 1. The highest BCUT2D eigenvalue weighted by Gasteiger charge is 2.19. The third-order valence-corrected chi connectivity index (χ3v) is 4.64. The molecule has 0 aliphatic heterocycles. The van der Waals surface area contributed by atoms with Crippen LogP contribution < -0.4 is 21.3 Å². The summed E-state index contributed by atoms with van der Waals surface area (Å²) in [6, 6.07) is 11.8. The lowest BCUT2D eigenvalue weighted by atomic mass is 10.2. The quantitative estimate of drug-likeness (QED) is 0.665. The molecule has 0 unspecified atom stereocenters. The fourth-order valence-corrected chi connectivity index (χ4v) is 3.03. The van der Waals surface area contributed by atoms with Crippen LogP contribution in [0.1, 0.15) is 16.1 Å². The maximum absolute atomic E-state index is 12.7. The summed E-state index contributed by atoms with van der Waals surface area (Å²) in [5, 5.41) is 6.68. The summed E-state index contributed by atoms with van der Waals surface area (Å²) in [4.78, 5) is 37.6. The van der Waals surface area contributed by atoms with Gasteiger partial charge in [-0.25, -0.2) is 4.79 Å². The molecule has 1 heterocycles. The van der Waals surface area contributed by atoms with Crippen LogP contribution in [0.3, 0.4) is 0 Å². The molecular formula is C19H17BrN4O4. The van der Waals surface area contributed by atoms with Crippen molar-refractivity contribution in [3.63, 3.8) is 0 Å². The lowest BCUT2D eigenvalue weighted by molar-refractivity contribution is 0.101. The number of hydrogen-bond donors (Lipinski definition) is 1. The molecule has 9 heteroatoms. The normalized spacial score (nSPS) is 10.6. The number of methoxy groups -OCH3 is 1. The molecule has 1 aromatic heterocycles. The first-order valence-electron chi connectivity index (χ1n) is 8.24. The molecule has 28 heavy (non-hydrogen) atoms. The van der Waals surface area contributed by atoms with Crippen LogP contribution in [0.2, 0.25) is 0 Å². The monoisotopic (exact) mass is 444 g/mol. The predicted octanol–water partition coefficient (Wildman–Crippen LogP) is 2.26. The number of aryl methyl sites for hydroxylation is 1. The number of benzene rings is 2. The molecule has 0 saturated carbocycles. The number of carbonyl (C=O) groups is 1. The molecule has 0 aliphatic rings. The second-order valence-electron chi connectivity index (χ2n) is 6.02. The third kappa shape index (κ3) is 3.74. The predicted molar refractivity (Wildman–Crippen MR) is 108 cm³/mol. The van der Waals surface area contributed by atoms with Gasteiger partial charge in [0.25, 0.3) is 11.5 Å². The lowest BCUT2D eigenvalue weighted by Crippen LogP contribution is -2.43. The smallest absolute Gasteiger partial charge is 0.351 e. The maximum atomic E-state index is 12.7. The number of amides is 1. The summed E-state index contributed by atoms with van der Waals surface area (Å²) in [7, 11) is 2.83. The minimum Gasteiger partial charge on any atom is -0.497 e. The Morgan fingerprint density at radius 1 is 1.14 bits per heavy atom. The van der Waals surface area contributed by atoms with Crippen molar-refractivity contribution >= 4 is 27.5 Å². The Morgan fingerprint density at radius 3 is 2.43 bits per heavy atom. The fourth-order valence-electron chi connectivity index (χ4n) is 2.56. The third-order valence-electron chi connectivity index (χ3n) is 4.14. The molecule has 0 spiro atoms. The number of rotatable bonds is 4. The Bertz CT molecular complexity index is 1170. The first kappa shape index (κ1) is 19.6. The van der Waals surface area contributed by atoms with Crippen molar-refractivity contribution in [2.24, 2.45) is 7.05 Å². The van der Waals surface area contributed by atoms with Gasteiger partial charge in [0.2, 0.25) is 5.69 Å². The Morgan fingerprint density at radius 2 is 1.82 bits per heavy atom. The second kappa shape index (κ2) is 7.81. The van der Waals surface area contributed by atoms with E-state index in [1.165, 1.54) is 14.2 Å². The molecule has 2 aromatic carbocycles. The molecule has 0 atom stereocenters. The summed E-state index contributed by atoms with van der Waals surface area (Å²) in [5.41, 5.74) is -0.0775. The minimum atomic E-state index is -0.776. The van der Waals surface area contributed by atoms with Gasteiger partial charge < -0.3 is 10.1 Å². The number of hydrogen-bond acceptors (Lipinski definition) is 5. The Hall–Kier alpha value is -3.20. The van der Waals surface area contributed by atoms with Crippen LogP contribution in [-0.2, 0) is 7.05 Å². The zero-order valence-corrected chi connectivity index (χ0v) is 17.0. The van der Waals surface area contributed by atoms with Crippen molar-refractivity contribution in [2.75, 3.05) is 12.4 Å². The highest BCUT2D eigenvalue weighted by Crippen LogP contribution is 2.20. The molecule has 3 aromatic rings. The van der Waals surface area contributed by atoms with Crippen LogP contribution in [0.15, 0.2) is 56.5 Å². The highest BCUT2D eigenvalue weighted by atomic mass is 79.9. The number of nitrogens with zero attached hydrogens (tertiary/aromatic N) is 3. The number of carbonyl (C=O) groups excluding carboxylic acids is 1. The second-order valence-corrected chi connectivity index (χ2v) is 6.93. The molecular weight excluding hydrogens is 428 g/mol. The molecule has 0 radical (unpaired) electrons. The van der Waals surface area contributed by atoms with E-state index >= 15 is 0 Å². The zero-order valence-electron chi connectivity index (χ0n) is 15.4. The van der Waals surface area contributed by atoms with Crippen LogP contribution in [0.5, 0.6) is 5.75 Å². The van der Waals surface area contributed by atoms with Crippen molar-refractivity contribution in [1.29, 1.82) is 0 Å². The van der Waals surface area contributed by atoms with Crippen LogP contribution >= 0.6 is 15.9 Å². The number of nitrogens with one attached hydrogen (secondary N) is 1. The Labute approximate surface area is 168 Å². The number of aromatic nitrogens is 3. The molecule has 8 nitrogen and oxygen atoms in total. The summed E-state index contributed by atoms with van der Waals surface area (Å²) < 4.78 is 7.81. The largest absolute Gasteiger partial charge is 0.497 e. The van der Waals surface area contributed by atoms with Gasteiger partial charge in [-0.15, -0.1) is 0 Å². The summed E-state index contributed by atoms with van der Waals surface area (Å²) in [5.74, 6) is -0.0985. The molecule has 0 saturated heterocycles. The molecule has 144 valence electrons. The van der Waals surface area contributed by atoms with E-state index in [0.717, 1.165) is 19.3 Å². The van der Waals surface area contributed by atoms with Crippen molar-refractivity contribution in [2.45, 2.75) is 6.92 Å². The van der Waals surface area contributed by atoms with Crippen LogP contribution in [0.25, 0.3) is 5.69 Å². The van der Waals surface area contributed by atoms with Crippen molar-refractivity contribution < 1.29 is 9.53 Å². The topological polar surface area (TPSA) is 95.2 Å². The van der Waals surface area contributed by atoms with Gasteiger partial charge in [-0.2, -0.15) is 9.78 Å². The van der Waals surface area contributed by atoms with Crippen LogP contribution in [0, 0.1) is 6.92 Å². The van der Waals surface area contributed by atoms with E-state index in [9.17, 15) is 14.4 Å². The van der Waals surface area contributed by atoms with E-state index in [0.29, 0.717) is 17.1 Å². The van der Waals surface area contributed by atoms with E-state index in [4.69, 9.17) is 4.74 Å². The standard InChI is InChI=1S/C19H17BrN4O4/c1-11-10-12(20)4-9-15(11)21-17(25)16-18(26)23(2)19(27)24(22-16)13-5-7-14(28-3)8-6-13/h4-10H,1-3H3,(H,21,25). The molecule has 0 fully saturated rings. The van der Waals surface area contributed by atoms with Crippen LogP contribution in [0.4, 0.5) is 5.69 Å². The van der Waals surface area contributed by atoms with E-state index in [1.54, 1.807) is 36.4 Å². The molecule has 0 bridgehead atoms. The van der Waals surface area contributed by atoms with Crippen LogP contribution in [-0.4, -0.2) is 27.4 Å². The van der Waals surface area contributed by atoms with Gasteiger partial charge in [0.15, 0.2) is 0 Å². The first-order valence-corrected chi connectivity index (χ1v) is 9.03. The van der Waals surface area contributed by atoms with Crippen molar-refractivity contribution in [3.05, 3.63) is 79.0 Å². The summed E-state index contributed by atoms with van der Waals surface area (Å²) in [6.07, 6.45) is 0. The van der Waals surface area contributed by atoms with E-state index in [2.05, 4.69) is 26.3 Å². The van der Waals surface area contributed by atoms with E-state index in [1.807, 2.05) is 13.0 Å². The average Bonchev–Trinajstić information content (AvgIpc) is 2.68. The van der Waals surface area contributed by atoms with Gasteiger partial charge in [0, 0.05) is 17.2 Å². The van der Waals surface area contributed by atoms with Gasteiger partial charge in [0.05, 0.1) is 12.8 Å². The zero-order chi connectivity index (χ0) is 20.4. The summed E-state index contributed by atoms with van der Waals surface area (Å²) in [6.45, 7) is 1.82. The Kier molecular flexibility index (Phi) is 5.46. The highest BCUT2D eigenvalue weighted by molar-refractivity contribution is 9.10. The van der Waals surface area contributed by atoms with Crippen molar-refractivity contribution in [1.82, 2.24) is 14.3 Å². The molecule has 1 amide bonds. The maximum Gasteiger partial charge on any atom is 0.351 e. The van der Waals surface area contributed by atoms with Gasteiger partial charge >= 0.3 is 5.69 Å². The van der Waals surface area contributed by atoms with Gasteiger partial charge in [-0.3, -0.25) is 14.2 Å². The van der Waals surface area contributed by atoms with E-state index in [-0.39, 0.29) is 5.69 Å². The lowest BCUT2D eigenvalue weighted by Gasteiger charge is -2.11. The average molecular weight is 445 g/mol. The fraction of sp³-hybridized carbons (Fsp3) is 0.158. The number of halogens is 1. The van der Waals surface area contributed by atoms with E-state index < -0.39 is 17.2 Å². The van der Waals surface area contributed by atoms with Crippen molar-refractivity contribution in [3.8, 4) is 11.4 Å². The molecule has 3 rings (SSSR count). The Balaban J connectivity index is 2.05. The summed E-state index contributed by atoms with van der Waals surface area (Å²) >= 11 is 3.36. The van der Waals surface area contributed by atoms with Gasteiger partial charge in [0.1, 0.15) is 5.75 Å².